The van der Waals surface area contributed by atoms with Gasteiger partial charge in [0.15, 0.2) is 0 Å². The Morgan fingerprint density at radius 1 is 1.35 bits per heavy atom. The predicted octanol–water partition coefficient (Wildman–Crippen LogP) is 0.746. The van der Waals surface area contributed by atoms with Gasteiger partial charge in [0.1, 0.15) is 5.82 Å². The predicted molar refractivity (Wildman–Crippen MR) is 66.4 cm³/mol. The molecule has 96 valence electrons. The van der Waals surface area contributed by atoms with Crippen LogP contribution in [0, 0.1) is 0 Å². The summed E-state index contributed by atoms with van der Waals surface area (Å²) in [5, 5.41) is 3.13. The molecule has 0 radical (unpaired) electrons. The van der Waals surface area contributed by atoms with Crippen LogP contribution in [0.3, 0.4) is 0 Å². The van der Waals surface area contributed by atoms with Crippen LogP contribution in [0.5, 0.6) is 5.88 Å². The Hall–Kier alpha value is -1.53. The van der Waals surface area contributed by atoms with Crippen molar-refractivity contribution >= 4 is 11.5 Å². The number of hydrogen-bond acceptors (Lipinski definition) is 6. The van der Waals surface area contributed by atoms with Crippen LogP contribution in [0.15, 0.2) is 12.1 Å². The highest BCUT2D eigenvalue weighted by Gasteiger charge is 2.08. The molecular formula is C11H19N3O3. The monoisotopic (exact) mass is 241 g/mol. The quantitative estimate of drug-likeness (QED) is 0.733. The zero-order chi connectivity index (χ0) is 12.7. The van der Waals surface area contributed by atoms with Crippen LogP contribution in [-0.2, 0) is 9.47 Å². The third kappa shape index (κ3) is 4.08. The molecule has 17 heavy (non-hydrogen) atoms. The third-order valence-corrected chi connectivity index (χ3v) is 2.28. The minimum atomic E-state index is -0.0228. The standard InChI is InChI=1S/C11H19N3O3/c1-15-7-8(16-2)6-13-10-5-4-9(12)11(14-10)17-3/h4-5,8H,6-7,12H2,1-3H3,(H,13,14). The summed E-state index contributed by atoms with van der Waals surface area (Å²) in [5.41, 5.74) is 6.18. The fraction of sp³-hybridized carbons (Fsp3) is 0.545. The number of hydrogen-bond donors (Lipinski definition) is 2. The molecule has 0 aliphatic carbocycles. The van der Waals surface area contributed by atoms with Gasteiger partial charge in [-0.15, -0.1) is 0 Å². The molecule has 1 aromatic heterocycles. The van der Waals surface area contributed by atoms with Crippen LogP contribution >= 0.6 is 0 Å². The lowest BCUT2D eigenvalue weighted by Crippen LogP contribution is -2.26. The maximum atomic E-state index is 5.67. The summed E-state index contributed by atoms with van der Waals surface area (Å²) >= 11 is 0. The lowest BCUT2D eigenvalue weighted by molar-refractivity contribution is 0.0365. The molecule has 0 saturated heterocycles. The van der Waals surface area contributed by atoms with E-state index in [1.54, 1.807) is 26.4 Å². The Morgan fingerprint density at radius 2 is 2.12 bits per heavy atom. The van der Waals surface area contributed by atoms with Crippen LogP contribution in [0.4, 0.5) is 11.5 Å². The average molecular weight is 241 g/mol. The number of nitrogens with zero attached hydrogens (tertiary/aromatic N) is 1. The highest BCUT2D eigenvalue weighted by atomic mass is 16.5. The Morgan fingerprint density at radius 3 is 2.71 bits per heavy atom. The maximum Gasteiger partial charge on any atom is 0.238 e. The second kappa shape index (κ2) is 6.93. The maximum absolute atomic E-state index is 5.67. The van der Waals surface area contributed by atoms with Crippen LogP contribution in [-0.4, -0.2) is 45.6 Å². The summed E-state index contributed by atoms with van der Waals surface area (Å²) < 4.78 is 15.3. The van der Waals surface area contributed by atoms with Crippen LogP contribution < -0.4 is 15.8 Å². The molecule has 3 N–H and O–H groups in total. The Kier molecular flexibility index (Phi) is 5.51. The normalized spacial score (nSPS) is 12.2. The Balaban J connectivity index is 2.56. The molecule has 0 bridgehead atoms. The van der Waals surface area contributed by atoms with Crippen LogP contribution in [0.1, 0.15) is 0 Å². The van der Waals surface area contributed by atoms with Crippen molar-refractivity contribution in [3.63, 3.8) is 0 Å². The lowest BCUT2D eigenvalue weighted by atomic mass is 10.3. The van der Waals surface area contributed by atoms with Gasteiger partial charge >= 0.3 is 0 Å². The summed E-state index contributed by atoms with van der Waals surface area (Å²) in [6.07, 6.45) is -0.0228. The fourth-order valence-corrected chi connectivity index (χ4v) is 1.33. The third-order valence-electron chi connectivity index (χ3n) is 2.28. The highest BCUT2D eigenvalue weighted by molar-refractivity contribution is 5.53. The van der Waals surface area contributed by atoms with Gasteiger partial charge in [-0.1, -0.05) is 0 Å². The van der Waals surface area contributed by atoms with Crippen molar-refractivity contribution in [2.45, 2.75) is 6.10 Å². The van der Waals surface area contributed by atoms with Crippen LogP contribution in [0.2, 0.25) is 0 Å². The van der Waals surface area contributed by atoms with E-state index < -0.39 is 0 Å². The van der Waals surface area contributed by atoms with E-state index in [4.69, 9.17) is 19.9 Å². The van der Waals surface area contributed by atoms with Crippen molar-refractivity contribution < 1.29 is 14.2 Å². The first-order chi connectivity index (χ1) is 8.21. The molecule has 1 rings (SSSR count). The average Bonchev–Trinajstić information content (AvgIpc) is 2.36. The number of rotatable bonds is 7. The van der Waals surface area contributed by atoms with E-state index in [0.29, 0.717) is 30.5 Å². The van der Waals surface area contributed by atoms with E-state index in [9.17, 15) is 0 Å². The molecule has 6 nitrogen and oxygen atoms in total. The molecule has 0 amide bonds. The summed E-state index contributed by atoms with van der Waals surface area (Å²) in [4.78, 5) is 4.20. The summed E-state index contributed by atoms with van der Waals surface area (Å²) in [5.74, 6) is 1.10. The van der Waals surface area contributed by atoms with E-state index in [2.05, 4.69) is 10.3 Å². The smallest absolute Gasteiger partial charge is 0.238 e. The molecule has 0 aliphatic rings. The van der Waals surface area contributed by atoms with Crippen molar-refractivity contribution in [1.29, 1.82) is 0 Å². The van der Waals surface area contributed by atoms with Gasteiger partial charge in [0.25, 0.3) is 0 Å². The van der Waals surface area contributed by atoms with Crippen molar-refractivity contribution in [3.05, 3.63) is 12.1 Å². The van der Waals surface area contributed by atoms with Gasteiger partial charge in [0.05, 0.1) is 25.5 Å². The number of nitrogen functional groups attached to an aromatic ring is 1. The highest BCUT2D eigenvalue weighted by Crippen LogP contribution is 2.19. The van der Waals surface area contributed by atoms with Crippen molar-refractivity contribution in [3.8, 4) is 5.88 Å². The lowest BCUT2D eigenvalue weighted by Gasteiger charge is -2.15. The molecule has 0 aromatic carbocycles. The number of methoxy groups -OCH3 is 3. The Labute approximate surface area is 101 Å². The molecule has 1 aromatic rings. The second-order valence-corrected chi connectivity index (χ2v) is 3.49. The van der Waals surface area contributed by atoms with Crippen LogP contribution in [0.25, 0.3) is 0 Å². The van der Waals surface area contributed by atoms with E-state index in [-0.39, 0.29) is 6.10 Å². The number of anilines is 2. The molecular weight excluding hydrogens is 222 g/mol. The number of aromatic nitrogens is 1. The number of pyridine rings is 1. The number of nitrogens with two attached hydrogens (primary N) is 1. The van der Waals surface area contributed by atoms with Gasteiger partial charge in [-0.05, 0) is 12.1 Å². The summed E-state index contributed by atoms with van der Waals surface area (Å²) in [6, 6.07) is 3.53. The van der Waals surface area contributed by atoms with E-state index in [1.807, 2.05) is 0 Å². The fourth-order valence-electron chi connectivity index (χ4n) is 1.33. The number of nitrogens with one attached hydrogen (secondary N) is 1. The van der Waals surface area contributed by atoms with E-state index >= 15 is 0 Å². The SMILES string of the molecule is COCC(CNc1ccc(N)c(OC)n1)OC. The molecule has 1 heterocycles. The summed E-state index contributed by atoms with van der Waals surface area (Å²) in [6.45, 7) is 1.13. The molecule has 1 unspecified atom stereocenters. The minimum Gasteiger partial charge on any atom is -0.479 e. The van der Waals surface area contributed by atoms with Gasteiger partial charge in [-0.3, -0.25) is 0 Å². The molecule has 0 aliphatic heterocycles. The van der Waals surface area contributed by atoms with Crippen molar-refractivity contribution in [2.75, 3.05) is 45.5 Å². The van der Waals surface area contributed by atoms with E-state index in [1.165, 1.54) is 7.11 Å². The van der Waals surface area contributed by atoms with Gasteiger partial charge in [-0.2, -0.15) is 4.98 Å². The first-order valence-corrected chi connectivity index (χ1v) is 5.27. The van der Waals surface area contributed by atoms with Gasteiger partial charge in [-0.25, -0.2) is 0 Å². The van der Waals surface area contributed by atoms with Gasteiger partial charge in [0.2, 0.25) is 5.88 Å². The van der Waals surface area contributed by atoms with E-state index in [0.717, 1.165) is 0 Å². The molecule has 1 atom stereocenters. The zero-order valence-electron chi connectivity index (χ0n) is 10.4. The van der Waals surface area contributed by atoms with Crippen molar-refractivity contribution in [2.24, 2.45) is 0 Å². The molecule has 0 spiro atoms. The first kappa shape index (κ1) is 13.5. The summed E-state index contributed by atoms with van der Waals surface area (Å²) in [7, 11) is 4.81. The second-order valence-electron chi connectivity index (χ2n) is 3.49. The minimum absolute atomic E-state index is 0.0228. The topological polar surface area (TPSA) is 78.6 Å². The molecule has 0 fully saturated rings. The largest absolute Gasteiger partial charge is 0.479 e. The molecule has 0 saturated carbocycles. The zero-order valence-corrected chi connectivity index (χ0v) is 10.4. The van der Waals surface area contributed by atoms with Crippen molar-refractivity contribution in [1.82, 2.24) is 4.98 Å². The van der Waals surface area contributed by atoms with Gasteiger partial charge < -0.3 is 25.3 Å². The Bertz CT molecular complexity index is 347. The number of ether oxygens (including phenoxy) is 3. The van der Waals surface area contributed by atoms with Gasteiger partial charge in [0, 0.05) is 20.8 Å². The molecule has 6 heteroatoms. The first-order valence-electron chi connectivity index (χ1n) is 5.27.